The van der Waals surface area contributed by atoms with Crippen LogP contribution in [0.1, 0.15) is 18.4 Å². The van der Waals surface area contributed by atoms with Crippen LogP contribution in [0, 0.1) is 5.92 Å². The summed E-state index contributed by atoms with van der Waals surface area (Å²) in [5.74, 6) is 0.513. The third-order valence-corrected chi connectivity index (χ3v) is 3.77. The Kier molecular flexibility index (Phi) is 5.38. The molecule has 2 rings (SSSR count). The van der Waals surface area contributed by atoms with Gasteiger partial charge < -0.3 is 5.32 Å². The van der Waals surface area contributed by atoms with E-state index in [4.69, 9.17) is 0 Å². The average molecular weight is 341 g/mol. The molecule has 3 nitrogen and oxygen atoms in total. The number of hydrogen-bond donors (Lipinski definition) is 1. The second-order valence-electron chi connectivity index (χ2n) is 5.65. The fourth-order valence-electron chi connectivity index (χ4n) is 2.52. The molecule has 1 saturated heterocycles. The van der Waals surface area contributed by atoms with E-state index in [0.717, 1.165) is 12.3 Å². The Hall–Kier alpha value is -1.51. The van der Waals surface area contributed by atoms with Crippen LogP contribution in [0.2, 0.25) is 0 Å². The number of anilines is 1. The van der Waals surface area contributed by atoms with Crippen LogP contribution in [-0.2, 0) is 6.18 Å². The number of piperidine rings is 1. The fraction of sp³-hybridized carbons (Fsp3) is 0.643. The minimum absolute atomic E-state index is 0.184. The summed E-state index contributed by atoms with van der Waals surface area (Å²) in [6, 6.07) is 2.20. The summed E-state index contributed by atoms with van der Waals surface area (Å²) in [6.07, 6.45) is -6.62. The maximum absolute atomic E-state index is 12.4. The molecule has 23 heavy (non-hydrogen) atoms. The highest BCUT2D eigenvalue weighted by Crippen LogP contribution is 2.29. The van der Waals surface area contributed by atoms with E-state index in [-0.39, 0.29) is 5.92 Å². The molecule has 1 aromatic heterocycles. The zero-order chi connectivity index (χ0) is 17.1. The van der Waals surface area contributed by atoms with Crippen LogP contribution in [0.25, 0.3) is 0 Å². The van der Waals surface area contributed by atoms with Gasteiger partial charge in [-0.05, 0) is 44.0 Å². The smallest absolute Gasteiger partial charge is 0.370 e. The molecule has 0 aliphatic carbocycles. The Morgan fingerprint density at radius 2 is 1.74 bits per heavy atom. The number of hydrogen-bond acceptors (Lipinski definition) is 3. The Labute approximate surface area is 129 Å². The zero-order valence-corrected chi connectivity index (χ0v) is 12.2. The fourth-order valence-corrected chi connectivity index (χ4v) is 2.52. The van der Waals surface area contributed by atoms with Gasteiger partial charge in [0.2, 0.25) is 0 Å². The standard InChI is InChI=1S/C14H17F6N3/c15-13(16,17)9-23-5-3-10(4-6-23)7-21-12-2-1-11(8-22-12)14(18,19)20/h1-2,8,10H,3-7,9H2,(H,21,22). The van der Waals surface area contributed by atoms with Crippen LogP contribution in [0.5, 0.6) is 0 Å². The topological polar surface area (TPSA) is 28.2 Å². The first-order chi connectivity index (χ1) is 10.6. The molecule has 0 radical (unpaired) electrons. The number of alkyl halides is 6. The van der Waals surface area contributed by atoms with Crippen LogP contribution in [-0.4, -0.2) is 42.2 Å². The lowest BCUT2D eigenvalue weighted by atomic mass is 9.97. The van der Waals surface area contributed by atoms with Gasteiger partial charge in [0.1, 0.15) is 5.82 Å². The van der Waals surface area contributed by atoms with Gasteiger partial charge in [-0.3, -0.25) is 4.90 Å². The maximum atomic E-state index is 12.4. The van der Waals surface area contributed by atoms with Crippen LogP contribution in [0.15, 0.2) is 18.3 Å². The molecular formula is C14H17F6N3. The molecule has 0 bridgehead atoms. The summed E-state index contributed by atoms with van der Waals surface area (Å²) in [5, 5.41) is 2.94. The highest BCUT2D eigenvalue weighted by molar-refractivity contribution is 5.36. The summed E-state index contributed by atoms with van der Waals surface area (Å²) < 4.78 is 74.1. The van der Waals surface area contributed by atoms with Crippen molar-refractivity contribution in [1.29, 1.82) is 0 Å². The molecule has 1 aromatic rings. The van der Waals surface area contributed by atoms with Crippen LogP contribution >= 0.6 is 0 Å². The van der Waals surface area contributed by atoms with E-state index >= 15 is 0 Å². The van der Waals surface area contributed by atoms with Crippen molar-refractivity contribution in [2.45, 2.75) is 25.2 Å². The van der Waals surface area contributed by atoms with E-state index in [1.807, 2.05) is 0 Å². The van der Waals surface area contributed by atoms with Gasteiger partial charge in [-0.1, -0.05) is 0 Å². The first-order valence-corrected chi connectivity index (χ1v) is 7.20. The molecule has 9 heteroatoms. The predicted molar refractivity (Wildman–Crippen MR) is 72.9 cm³/mol. The molecule has 1 aliphatic heterocycles. The van der Waals surface area contributed by atoms with Crippen molar-refractivity contribution in [2.75, 3.05) is 31.5 Å². The summed E-state index contributed by atoms with van der Waals surface area (Å²) in [5.41, 5.74) is -0.816. The lowest BCUT2D eigenvalue weighted by Crippen LogP contribution is -2.41. The minimum Gasteiger partial charge on any atom is -0.370 e. The van der Waals surface area contributed by atoms with E-state index in [2.05, 4.69) is 10.3 Å². The number of likely N-dealkylation sites (tertiary alicyclic amines) is 1. The number of aromatic nitrogens is 1. The number of rotatable bonds is 4. The average Bonchev–Trinajstić information content (AvgIpc) is 2.44. The normalized spacial score (nSPS) is 18.2. The third-order valence-electron chi connectivity index (χ3n) is 3.77. The summed E-state index contributed by atoms with van der Waals surface area (Å²) in [6.45, 7) is 0.324. The lowest BCUT2D eigenvalue weighted by molar-refractivity contribution is -0.148. The number of nitrogens with zero attached hydrogens (tertiary/aromatic N) is 2. The van der Waals surface area contributed by atoms with Crippen molar-refractivity contribution < 1.29 is 26.3 Å². The molecule has 1 fully saturated rings. The lowest BCUT2D eigenvalue weighted by Gasteiger charge is -2.32. The Morgan fingerprint density at radius 3 is 2.22 bits per heavy atom. The van der Waals surface area contributed by atoms with Gasteiger partial charge >= 0.3 is 12.4 Å². The van der Waals surface area contributed by atoms with Gasteiger partial charge in [0.25, 0.3) is 0 Å². The maximum Gasteiger partial charge on any atom is 0.417 e. The molecular weight excluding hydrogens is 324 g/mol. The molecule has 0 aromatic carbocycles. The molecule has 0 saturated carbocycles. The van der Waals surface area contributed by atoms with Crippen LogP contribution in [0.3, 0.4) is 0 Å². The summed E-state index contributed by atoms with van der Waals surface area (Å²) >= 11 is 0. The van der Waals surface area contributed by atoms with Crippen molar-refractivity contribution >= 4 is 5.82 Å². The molecule has 1 N–H and O–H groups in total. The van der Waals surface area contributed by atoms with Gasteiger partial charge in [0.05, 0.1) is 12.1 Å². The molecule has 1 aliphatic rings. The number of halogens is 6. The summed E-state index contributed by atoms with van der Waals surface area (Å²) in [7, 11) is 0. The van der Waals surface area contributed by atoms with E-state index in [1.54, 1.807) is 0 Å². The van der Waals surface area contributed by atoms with E-state index < -0.39 is 24.5 Å². The van der Waals surface area contributed by atoms with Crippen molar-refractivity contribution in [3.63, 3.8) is 0 Å². The first-order valence-electron chi connectivity index (χ1n) is 7.20. The monoisotopic (exact) mass is 341 g/mol. The Bertz CT molecular complexity index is 489. The van der Waals surface area contributed by atoms with Crippen LogP contribution < -0.4 is 5.32 Å². The van der Waals surface area contributed by atoms with Crippen molar-refractivity contribution in [3.8, 4) is 0 Å². The van der Waals surface area contributed by atoms with Gasteiger partial charge in [-0.25, -0.2) is 4.98 Å². The molecule has 130 valence electrons. The quantitative estimate of drug-likeness (QED) is 0.845. The minimum atomic E-state index is -4.42. The van der Waals surface area contributed by atoms with Gasteiger partial charge in [0, 0.05) is 12.7 Å². The second-order valence-corrected chi connectivity index (χ2v) is 5.65. The second kappa shape index (κ2) is 6.94. The largest absolute Gasteiger partial charge is 0.417 e. The van der Waals surface area contributed by atoms with Crippen molar-refractivity contribution in [3.05, 3.63) is 23.9 Å². The molecule has 0 amide bonds. The van der Waals surface area contributed by atoms with Gasteiger partial charge in [-0.2, -0.15) is 26.3 Å². The van der Waals surface area contributed by atoms with Gasteiger partial charge in [0.15, 0.2) is 0 Å². The highest BCUT2D eigenvalue weighted by Gasteiger charge is 2.32. The SMILES string of the molecule is FC(F)(F)CN1CCC(CNc2ccc(C(F)(F)F)cn2)CC1. The molecule has 0 unspecified atom stereocenters. The third kappa shape index (κ3) is 5.89. The molecule has 0 atom stereocenters. The van der Waals surface area contributed by atoms with Crippen molar-refractivity contribution in [1.82, 2.24) is 9.88 Å². The van der Waals surface area contributed by atoms with E-state index in [9.17, 15) is 26.3 Å². The predicted octanol–water partition coefficient (Wildman–Crippen LogP) is 3.79. The van der Waals surface area contributed by atoms with Crippen molar-refractivity contribution in [2.24, 2.45) is 5.92 Å². The van der Waals surface area contributed by atoms with E-state index in [0.29, 0.717) is 38.3 Å². The highest BCUT2D eigenvalue weighted by atomic mass is 19.4. The Balaban J connectivity index is 1.75. The van der Waals surface area contributed by atoms with Crippen LogP contribution in [0.4, 0.5) is 32.2 Å². The Morgan fingerprint density at radius 1 is 1.09 bits per heavy atom. The number of pyridine rings is 1. The molecule has 2 heterocycles. The summed E-state index contributed by atoms with van der Waals surface area (Å²) in [4.78, 5) is 5.07. The molecule has 0 spiro atoms. The first kappa shape index (κ1) is 17.8. The zero-order valence-electron chi connectivity index (χ0n) is 12.2. The van der Waals surface area contributed by atoms with Gasteiger partial charge in [-0.15, -0.1) is 0 Å². The van der Waals surface area contributed by atoms with E-state index in [1.165, 1.54) is 11.0 Å². The number of nitrogens with one attached hydrogen (secondary N) is 1.